The topological polar surface area (TPSA) is 95.9 Å². The van der Waals surface area contributed by atoms with Gasteiger partial charge in [0.2, 0.25) is 5.91 Å². The first-order valence-electron chi connectivity index (χ1n) is 5.84. The van der Waals surface area contributed by atoms with Crippen molar-refractivity contribution in [2.45, 2.75) is 31.8 Å². The van der Waals surface area contributed by atoms with Crippen LogP contribution in [-0.2, 0) is 14.3 Å². The maximum atomic E-state index is 11.3. The van der Waals surface area contributed by atoms with Gasteiger partial charge in [-0.1, -0.05) is 12.8 Å². The molecule has 17 heavy (non-hydrogen) atoms. The Morgan fingerprint density at radius 2 is 1.94 bits per heavy atom. The van der Waals surface area contributed by atoms with E-state index in [1.807, 2.05) is 0 Å². The molecule has 0 aromatic rings. The predicted octanol–water partition coefficient (Wildman–Crippen LogP) is -0.245. The van der Waals surface area contributed by atoms with Gasteiger partial charge in [-0.25, -0.2) is 4.79 Å². The molecule has 98 valence electrons. The van der Waals surface area contributed by atoms with E-state index in [2.05, 4.69) is 10.1 Å². The van der Waals surface area contributed by atoms with Gasteiger partial charge in [0.05, 0.1) is 6.10 Å². The number of hydrogen-bond donors (Lipinski definition) is 3. The van der Waals surface area contributed by atoms with Gasteiger partial charge in [0.1, 0.15) is 13.2 Å². The first kappa shape index (κ1) is 13.9. The molecule has 1 aliphatic rings. The Bertz CT molecular complexity index is 269. The molecular weight excluding hydrogens is 226 g/mol. The number of ether oxygens (including phenoxy) is 1. The van der Waals surface area contributed by atoms with Crippen molar-refractivity contribution < 1.29 is 24.5 Å². The molecule has 1 fully saturated rings. The quantitative estimate of drug-likeness (QED) is 0.600. The molecule has 0 radical (unpaired) electrons. The average Bonchev–Trinajstić information content (AvgIpc) is 2.27. The van der Waals surface area contributed by atoms with Crippen molar-refractivity contribution in [1.82, 2.24) is 5.32 Å². The first-order chi connectivity index (χ1) is 8.09. The van der Waals surface area contributed by atoms with Crippen LogP contribution in [0.1, 0.15) is 25.7 Å². The van der Waals surface area contributed by atoms with E-state index in [9.17, 15) is 14.7 Å². The number of amides is 1. The molecule has 0 aromatic heterocycles. The summed E-state index contributed by atoms with van der Waals surface area (Å²) in [5.41, 5.74) is 0. The number of aliphatic hydroxyl groups excluding tert-OH is 1. The van der Waals surface area contributed by atoms with E-state index in [1.54, 1.807) is 0 Å². The summed E-state index contributed by atoms with van der Waals surface area (Å²) in [5, 5.41) is 20.6. The number of rotatable bonds is 6. The number of carboxylic acid groups (broad SMARTS) is 1. The number of aliphatic carboxylic acids is 1. The number of hydrogen-bond acceptors (Lipinski definition) is 4. The maximum absolute atomic E-state index is 11.3. The number of carboxylic acids is 1. The smallest absolute Gasteiger partial charge is 0.329 e. The monoisotopic (exact) mass is 245 g/mol. The summed E-state index contributed by atoms with van der Waals surface area (Å²) in [6.07, 6.45) is 3.47. The fourth-order valence-corrected chi connectivity index (χ4v) is 1.95. The highest BCUT2D eigenvalue weighted by Gasteiger charge is 2.23. The van der Waals surface area contributed by atoms with Gasteiger partial charge in [-0.3, -0.25) is 4.79 Å². The maximum Gasteiger partial charge on any atom is 0.329 e. The molecule has 0 heterocycles. The summed E-state index contributed by atoms with van der Waals surface area (Å²) in [6, 6.07) is 0. The second-order valence-electron chi connectivity index (χ2n) is 4.30. The van der Waals surface area contributed by atoms with Gasteiger partial charge < -0.3 is 20.3 Å². The third-order valence-electron chi connectivity index (χ3n) is 2.89. The second-order valence-corrected chi connectivity index (χ2v) is 4.30. The van der Waals surface area contributed by atoms with Crippen molar-refractivity contribution in [2.24, 2.45) is 5.92 Å². The van der Waals surface area contributed by atoms with Gasteiger partial charge in [0, 0.05) is 12.5 Å². The lowest BCUT2D eigenvalue weighted by Gasteiger charge is -2.27. The molecule has 2 atom stereocenters. The first-order valence-corrected chi connectivity index (χ1v) is 5.84. The van der Waals surface area contributed by atoms with Crippen LogP contribution in [0.25, 0.3) is 0 Å². The van der Waals surface area contributed by atoms with Crippen LogP contribution in [0.3, 0.4) is 0 Å². The summed E-state index contributed by atoms with van der Waals surface area (Å²) in [6.45, 7) is -0.301. The van der Waals surface area contributed by atoms with Crippen molar-refractivity contribution in [3.8, 4) is 0 Å². The summed E-state index contributed by atoms with van der Waals surface area (Å²) in [5.74, 6) is -1.34. The van der Waals surface area contributed by atoms with E-state index in [0.717, 1.165) is 25.7 Å². The Kier molecular flexibility index (Phi) is 5.93. The molecule has 0 spiro atoms. The molecule has 1 rings (SSSR count). The molecule has 6 nitrogen and oxygen atoms in total. The van der Waals surface area contributed by atoms with Crippen LogP contribution in [0.2, 0.25) is 0 Å². The van der Waals surface area contributed by atoms with Crippen molar-refractivity contribution >= 4 is 11.9 Å². The molecule has 1 aliphatic carbocycles. The zero-order chi connectivity index (χ0) is 12.7. The molecule has 3 N–H and O–H groups in total. The van der Waals surface area contributed by atoms with Crippen LogP contribution in [-0.4, -0.2) is 48.0 Å². The van der Waals surface area contributed by atoms with E-state index in [-0.39, 0.29) is 24.5 Å². The minimum absolute atomic E-state index is 0.104. The largest absolute Gasteiger partial charge is 0.480 e. The number of carbonyl (C=O) groups is 2. The SMILES string of the molecule is O=C(O)COCC(=O)NCC1CCCCC1O. The summed E-state index contributed by atoms with van der Waals surface area (Å²) in [7, 11) is 0. The summed E-state index contributed by atoms with van der Waals surface area (Å²) in [4.78, 5) is 21.4. The van der Waals surface area contributed by atoms with Crippen molar-refractivity contribution in [2.75, 3.05) is 19.8 Å². The molecule has 1 saturated carbocycles. The predicted molar refractivity (Wildman–Crippen MR) is 59.4 cm³/mol. The Labute approximate surface area is 100.0 Å². The minimum atomic E-state index is -1.10. The molecule has 6 heteroatoms. The highest BCUT2D eigenvalue weighted by molar-refractivity contribution is 5.77. The Balaban J connectivity index is 2.12. The minimum Gasteiger partial charge on any atom is -0.480 e. The third kappa shape index (κ3) is 5.65. The molecule has 1 amide bonds. The van der Waals surface area contributed by atoms with Crippen LogP contribution in [0.15, 0.2) is 0 Å². The van der Waals surface area contributed by atoms with Crippen molar-refractivity contribution in [3.63, 3.8) is 0 Å². The van der Waals surface area contributed by atoms with Crippen molar-refractivity contribution in [3.05, 3.63) is 0 Å². The van der Waals surface area contributed by atoms with Gasteiger partial charge in [-0.2, -0.15) is 0 Å². The number of carbonyl (C=O) groups excluding carboxylic acids is 1. The zero-order valence-corrected chi connectivity index (χ0v) is 9.72. The van der Waals surface area contributed by atoms with Gasteiger partial charge in [-0.15, -0.1) is 0 Å². The average molecular weight is 245 g/mol. The fraction of sp³-hybridized carbons (Fsp3) is 0.818. The third-order valence-corrected chi connectivity index (χ3v) is 2.89. The molecule has 2 unspecified atom stereocenters. The van der Waals surface area contributed by atoms with Crippen LogP contribution < -0.4 is 5.32 Å². The highest BCUT2D eigenvalue weighted by atomic mass is 16.5. The van der Waals surface area contributed by atoms with E-state index in [1.165, 1.54) is 0 Å². The second kappa shape index (κ2) is 7.24. The van der Waals surface area contributed by atoms with E-state index >= 15 is 0 Å². The normalized spacial score (nSPS) is 24.3. The van der Waals surface area contributed by atoms with Gasteiger partial charge >= 0.3 is 5.97 Å². The van der Waals surface area contributed by atoms with E-state index < -0.39 is 12.6 Å². The lowest BCUT2D eigenvalue weighted by atomic mass is 9.86. The van der Waals surface area contributed by atoms with Crippen LogP contribution in [0.4, 0.5) is 0 Å². The van der Waals surface area contributed by atoms with Crippen LogP contribution >= 0.6 is 0 Å². The van der Waals surface area contributed by atoms with Gasteiger partial charge in [0.15, 0.2) is 0 Å². The Hall–Kier alpha value is -1.14. The van der Waals surface area contributed by atoms with E-state index in [0.29, 0.717) is 6.54 Å². The van der Waals surface area contributed by atoms with Gasteiger partial charge in [0.25, 0.3) is 0 Å². The summed E-state index contributed by atoms with van der Waals surface area (Å²) >= 11 is 0. The Morgan fingerprint density at radius 1 is 1.24 bits per heavy atom. The molecule has 0 bridgehead atoms. The molecule has 0 saturated heterocycles. The molecular formula is C11H19NO5. The number of nitrogens with one attached hydrogen (secondary N) is 1. The Morgan fingerprint density at radius 3 is 2.59 bits per heavy atom. The zero-order valence-electron chi connectivity index (χ0n) is 9.72. The van der Waals surface area contributed by atoms with Gasteiger partial charge in [-0.05, 0) is 12.8 Å². The lowest BCUT2D eigenvalue weighted by molar-refractivity contribution is -0.143. The lowest BCUT2D eigenvalue weighted by Crippen LogP contribution is -2.38. The number of aliphatic hydroxyl groups is 1. The fourth-order valence-electron chi connectivity index (χ4n) is 1.95. The van der Waals surface area contributed by atoms with Crippen LogP contribution in [0.5, 0.6) is 0 Å². The van der Waals surface area contributed by atoms with E-state index in [4.69, 9.17) is 5.11 Å². The summed E-state index contributed by atoms with van der Waals surface area (Å²) < 4.78 is 4.65. The highest BCUT2D eigenvalue weighted by Crippen LogP contribution is 2.23. The molecule has 0 aromatic carbocycles. The standard InChI is InChI=1S/C11H19NO5/c13-9-4-2-1-3-8(9)5-12-10(14)6-17-7-11(15)16/h8-9,13H,1-7H2,(H,12,14)(H,15,16). The van der Waals surface area contributed by atoms with Crippen LogP contribution in [0, 0.1) is 5.92 Å². The molecule has 0 aliphatic heterocycles. The van der Waals surface area contributed by atoms with Crippen molar-refractivity contribution in [1.29, 1.82) is 0 Å².